The predicted octanol–water partition coefficient (Wildman–Crippen LogP) is 4.78. The molecule has 0 fully saturated rings. The highest BCUT2D eigenvalue weighted by Gasteiger charge is 2.13. The summed E-state index contributed by atoms with van der Waals surface area (Å²) in [7, 11) is 0. The average molecular weight is 294 g/mol. The summed E-state index contributed by atoms with van der Waals surface area (Å²) in [5.41, 5.74) is 1.03. The van der Waals surface area contributed by atoms with E-state index in [9.17, 15) is 8.78 Å². The van der Waals surface area contributed by atoms with Crippen molar-refractivity contribution in [2.24, 2.45) is 0 Å². The maximum Gasteiger partial charge on any atom is 0.280 e. The molecule has 0 amide bonds. The van der Waals surface area contributed by atoms with Gasteiger partial charge in [-0.3, -0.25) is 0 Å². The number of alkyl halides is 2. The zero-order chi connectivity index (χ0) is 15.2. The van der Waals surface area contributed by atoms with Crippen LogP contribution in [0.4, 0.5) is 14.5 Å². The van der Waals surface area contributed by atoms with Crippen molar-refractivity contribution in [2.45, 2.75) is 33.1 Å². The van der Waals surface area contributed by atoms with E-state index in [0.29, 0.717) is 17.8 Å². The minimum Gasteiger partial charge on any atom is -0.494 e. The topological polar surface area (TPSA) is 34.2 Å². The van der Waals surface area contributed by atoms with Gasteiger partial charge in [0, 0.05) is 17.6 Å². The number of ether oxygens (including phenoxy) is 1. The molecule has 0 aliphatic rings. The molecule has 0 bridgehead atoms. The van der Waals surface area contributed by atoms with Crippen molar-refractivity contribution in [2.75, 3.05) is 18.5 Å². The third-order valence-electron chi connectivity index (χ3n) is 3.06. The van der Waals surface area contributed by atoms with Crippen molar-refractivity contribution < 1.29 is 13.5 Å². The van der Waals surface area contributed by atoms with Crippen LogP contribution in [-0.2, 0) is 0 Å². The van der Waals surface area contributed by atoms with E-state index in [1.807, 2.05) is 19.9 Å². The lowest BCUT2D eigenvalue weighted by atomic mass is 10.1. The number of pyridine rings is 1. The van der Waals surface area contributed by atoms with E-state index < -0.39 is 6.43 Å². The quantitative estimate of drug-likeness (QED) is 0.797. The number of anilines is 1. The molecule has 0 radical (unpaired) electrons. The number of nitrogens with zero attached hydrogens (tertiary/aromatic N) is 1. The first-order valence-corrected chi connectivity index (χ1v) is 7.25. The molecule has 21 heavy (non-hydrogen) atoms. The second-order valence-corrected chi connectivity index (χ2v) is 4.85. The molecule has 0 spiro atoms. The summed E-state index contributed by atoms with van der Waals surface area (Å²) in [4.78, 5) is 4.02. The lowest BCUT2D eigenvalue weighted by molar-refractivity contribution is 0.146. The summed E-state index contributed by atoms with van der Waals surface area (Å²) in [6.07, 6.45) is -0.742. The molecule has 1 N–H and O–H groups in total. The Kier molecular flexibility index (Phi) is 5.31. The number of benzene rings is 1. The van der Waals surface area contributed by atoms with Crippen LogP contribution in [0.3, 0.4) is 0 Å². The summed E-state index contributed by atoms with van der Waals surface area (Å²) >= 11 is 0. The Balaban J connectivity index is 2.45. The molecule has 2 rings (SSSR count). The average Bonchev–Trinajstić information content (AvgIpc) is 2.50. The number of fused-ring (bicyclic) bond motifs is 1. The molecular weight excluding hydrogens is 274 g/mol. The van der Waals surface area contributed by atoms with Crippen molar-refractivity contribution >= 4 is 16.6 Å². The minimum atomic E-state index is -2.58. The number of rotatable bonds is 7. The second-order valence-electron chi connectivity index (χ2n) is 4.85. The van der Waals surface area contributed by atoms with Gasteiger partial charge in [-0.1, -0.05) is 13.8 Å². The Labute approximate surface area is 123 Å². The number of hydrogen-bond donors (Lipinski definition) is 1. The maximum absolute atomic E-state index is 12.9. The van der Waals surface area contributed by atoms with Gasteiger partial charge in [0.2, 0.25) is 0 Å². The molecule has 3 nitrogen and oxygen atoms in total. The van der Waals surface area contributed by atoms with E-state index in [-0.39, 0.29) is 5.69 Å². The molecule has 0 aliphatic heterocycles. The summed E-state index contributed by atoms with van der Waals surface area (Å²) in [5, 5.41) is 3.99. The Morgan fingerprint density at radius 2 is 2.00 bits per heavy atom. The van der Waals surface area contributed by atoms with Crippen LogP contribution in [0.1, 0.15) is 38.8 Å². The molecule has 1 heterocycles. The van der Waals surface area contributed by atoms with Crippen LogP contribution in [0, 0.1) is 0 Å². The summed E-state index contributed by atoms with van der Waals surface area (Å²) in [6, 6.07) is 6.77. The fraction of sp³-hybridized carbons (Fsp3) is 0.438. The van der Waals surface area contributed by atoms with Gasteiger partial charge in [0.1, 0.15) is 11.4 Å². The molecule has 0 unspecified atom stereocenters. The first-order valence-electron chi connectivity index (χ1n) is 7.25. The third kappa shape index (κ3) is 3.80. The molecule has 5 heteroatoms. The van der Waals surface area contributed by atoms with Gasteiger partial charge in [0.15, 0.2) is 0 Å². The number of aromatic nitrogens is 1. The predicted molar refractivity (Wildman–Crippen MR) is 81.3 cm³/mol. The monoisotopic (exact) mass is 294 g/mol. The number of hydrogen-bond acceptors (Lipinski definition) is 3. The Morgan fingerprint density at radius 3 is 2.67 bits per heavy atom. The molecule has 1 aromatic carbocycles. The van der Waals surface area contributed by atoms with Crippen LogP contribution in [0.2, 0.25) is 0 Å². The molecule has 0 aliphatic carbocycles. The van der Waals surface area contributed by atoms with Crippen molar-refractivity contribution in [3.63, 3.8) is 0 Å². The van der Waals surface area contributed by atoms with Gasteiger partial charge in [-0.2, -0.15) is 0 Å². The molecule has 0 saturated heterocycles. The van der Waals surface area contributed by atoms with Crippen molar-refractivity contribution in [1.29, 1.82) is 0 Å². The molecule has 0 saturated carbocycles. The SMILES string of the molecule is CCCNc1cc(C(F)F)nc2ccc(OCCC)cc12. The Hall–Kier alpha value is -1.91. The van der Waals surface area contributed by atoms with Gasteiger partial charge in [0.05, 0.1) is 12.1 Å². The van der Waals surface area contributed by atoms with Gasteiger partial charge in [-0.15, -0.1) is 0 Å². The van der Waals surface area contributed by atoms with Crippen molar-refractivity contribution in [1.82, 2.24) is 4.98 Å². The van der Waals surface area contributed by atoms with Crippen LogP contribution in [-0.4, -0.2) is 18.1 Å². The molecule has 2 aromatic rings. The van der Waals surface area contributed by atoms with Gasteiger partial charge < -0.3 is 10.1 Å². The normalized spacial score (nSPS) is 11.1. The van der Waals surface area contributed by atoms with Crippen molar-refractivity contribution in [3.8, 4) is 5.75 Å². The zero-order valence-corrected chi connectivity index (χ0v) is 12.3. The van der Waals surface area contributed by atoms with Crippen LogP contribution >= 0.6 is 0 Å². The molecule has 1 aromatic heterocycles. The fourth-order valence-corrected chi connectivity index (χ4v) is 2.05. The number of nitrogens with one attached hydrogen (secondary N) is 1. The lowest BCUT2D eigenvalue weighted by Gasteiger charge is -2.13. The van der Waals surface area contributed by atoms with E-state index in [1.165, 1.54) is 6.07 Å². The van der Waals surface area contributed by atoms with Crippen LogP contribution in [0.25, 0.3) is 10.9 Å². The third-order valence-corrected chi connectivity index (χ3v) is 3.06. The van der Waals surface area contributed by atoms with Crippen LogP contribution < -0.4 is 10.1 Å². The lowest BCUT2D eigenvalue weighted by Crippen LogP contribution is -2.03. The standard InChI is InChI=1S/C16H20F2N2O/c1-3-7-19-14-10-15(16(17)18)20-13-6-5-11(9-12(13)14)21-8-4-2/h5-6,9-10,16H,3-4,7-8H2,1-2H3,(H,19,20). The van der Waals surface area contributed by atoms with Gasteiger partial charge in [-0.25, -0.2) is 13.8 Å². The van der Waals surface area contributed by atoms with E-state index in [2.05, 4.69) is 10.3 Å². The van der Waals surface area contributed by atoms with Crippen molar-refractivity contribution in [3.05, 3.63) is 30.0 Å². The summed E-state index contributed by atoms with van der Waals surface area (Å²) in [6.45, 7) is 5.42. The molecule has 0 atom stereocenters. The summed E-state index contributed by atoms with van der Waals surface area (Å²) in [5.74, 6) is 0.732. The fourth-order valence-electron chi connectivity index (χ4n) is 2.05. The zero-order valence-electron chi connectivity index (χ0n) is 12.3. The second kappa shape index (κ2) is 7.20. The van der Waals surface area contributed by atoms with Crippen LogP contribution in [0.5, 0.6) is 5.75 Å². The van der Waals surface area contributed by atoms with E-state index in [0.717, 1.165) is 30.5 Å². The Bertz CT molecular complexity index is 602. The molecular formula is C16H20F2N2O. The number of halogens is 2. The highest BCUT2D eigenvalue weighted by molar-refractivity contribution is 5.92. The highest BCUT2D eigenvalue weighted by Crippen LogP contribution is 2.30. The van der Waals surface area contributed by atoms with E-state index in [1.54, 1.807) is 12.1 Å². The molecule has 114 valence electrons. The van der Waals surface area contributed by atoms with E-state index in [4.69, 9.17) is 4.74 Å². The maximum atomic E-state index is 12.9. The first-order chi connectivity index (χ1) is 10.2. The van der Waals surface area contributed by atoms with Gasteiger partial charge >= 0.3 is 0 Å². The minimum absolute atomic E-state index is 0.205. The summed E-state index contributed by atoms with van der Waals surface area (Å²) < 4.78 is 31.5. The van der Waals surface area contributed by atoms with Gasteiger partial charge in [-0.05, 0) is 37.1 Å². The Morgan fingerprint density at radius 1 is 1.19 bits per heavy atom. The smallest absolute Gasteiger partial charge is 0.280 e. The van der Waals surface area contributed by atoms with Gasteiger partial charge in [0.25, 0.3) is 6.43 Å². The highest BCUT2D eigenvalue weighted by atomic mass is 19.3. The van der Waals surface area contributed by atoms with E-state index >= 15 is 0 Å². The first kappa shape index (κ1) is 15.5. The van der Waals surface area contributed by atoms with Crippen LogP contribution in [0.15, 0.2) is 24.3 Å². The largest absolute Gasteiger partial charge is 0.494 e.